The molecule has 0 saturated carbocycles. The van der Waals surface area contributed by atoms with Crippen molar-refractivity contribution in [2.75, 3.05) is 0 Å². The second kappa shape index (κ2) is 2.58. The highest BCUT2D eigenvalue weighted by atomic mass is 19.1. The topological polar surface area (TPSA) is 12.9 Å². The van der Waals surface area contributed by atoms with E-state index in [0.29, 0.717) is 5.69 Å². The number of aromatic nitrogens is 1. The van der Waals surface area contributed by atoms with Gasteiger partial charge < -0.3 is 0 Å². The first-order chi connectivity index (χ1) is 4.33. The van der Waals surface area contributed by atoms with Gasteiger partial charge in [-0.2, -0.15) is 0 Å². The Bertz CT molecular complexity index is 198. The molecule has 0 fully saturated rings. The molecule has 48 valence electrons. The van der Waals surface area contributed by atoms with Crippen LogP contribution in [0.3, 0.4) is 0 Å². The summed E-state index contributed by atoms with van der Waals surface area (Å²) in [6.45, 7) is 1.38. The monoisotopic (exact) mass is 125 g/mol. The Hall–Kier alpha value is -0.920. The Morgan fingerprint density at radius 3 is 2.78 bits per heavy atom. The fourth-order valence-electron chi connectivity index (χ4n) is 0.674. The number of alkyl halides is 1. The SMILES string of the molecule is Cc1cccc(CF)n1. The van der Waals surface area contributed by atoms with Crippen molar-refractivity contribution in [1.82, 2.24) is 4.98 Å². The van der Waals surface area contributed by atoms with Crippen molar-refractivity contribution in [3.8, 4) is 0 Å². The molecule has 0 radical (unpaired) electrons. The van der Waals surface area contributed by atoms with E-state index in [1.165, 1.54) is 0 Å². The summed E-state index contributed by atoms with van der Waals surface area (Å²) in [6, 6.07) is 5.32. The molecule has 1 aromatic heterocycles. The minimum atomic E-state index is -0.471. The maximum Gasteiger partial charge on any atom is 0.131 e. The first-order valence-corrected chi connectivity index (χ1v) is 2.81. The second-order valence-corrected chi connectivity index (χ2v) is 1.90. The van der Waals surface area contributed by atoms with Crippen LogP contribution in [-0.2, 0) is 6.67 Å². The Morgan fingerprint density at radius 1 is 1.56 bits per heavy atom. The van der Waals surface area contributed by atoms with Gasteiger partial charge in [0, 0.05) is 5.69 Å². The first kappa shape index (κ1) is 6.20. The van der Waals surface area contributed by atoms with E-state index in [4.69, 9.17) is 0 Å². The van der Waals surface area contributed by atoms with Crippen LogP contribution in [0.25, 0.3) is 0 Å². The summed E-state index contributed by atoms with van der Waals surface area (Å²) in [4.78, 5) is 3.92. The standard InChI is InChI=1S/C7H8FN/c1-6-3-2-4-7(5-8)9-6/h2-4H,5H2,1H3. The lowest BCUT2D eigenvalue weighted by molar-refractivity contribution is 0.475. The Labute approximate surface area is 53.5 Å². The third-order valence-electron chi connectivity index (χ3n) is 1.08. The summed E-state index contributed by atoms with van der Waals surface area (Å²) >= 11 is 0. The molecule has 0 bridgehead atoms. The molecule has 9 heavy (non-hydrogen) atoms. The molecular weight excluding hydrogens is 117 g/mol. The molecule has 0 aliphatic carbocycles. The average molecular weight is 125 g/mol. The Morgan fingerprint density at radius 2 is 2.33 bits per heavy atom. The van der Waals surface area contributed by atoms with E-state index in [-0.39, 0.29) is 0 Å². The van der Waals surface area contributed by atoms with E-state index < -0.39 is 6.67 Å². The van der Waals surface area contributed by atoms with E-state index in [2.05, 4.69) is 4.98 Å². The van der Waals surface area contributed by atoms with E-state index in [0.717, 1.165) is 5.69 Å². The van der Waals surface area contributed by atoms with Gasteiger partial charge in [-0.15, -0.1) is 0 Å². The average Bonchev–Trinajstić information content (AvgIpc) is 1.88. The molecule has 0 saturated heterocycles. The largest absolute Gasteiger partial charge is 0.255 e. The van der Waals surface area contributed by atoms with E-state index >= 15 is 0 Å². The highest BCUT2D eigenvalue weighted by Gasteiger charge is 1.89. The first-order valence-electron chi connectivity index (χ1n) is 2.81. The highest BCUT2D eigenvalue weighted by Crippen LogP contribution is 1.98. The molecule has 0 amide bonds. The Balaban J connectivity index is 2.94. The number of hydrogen-bond acceptors (Lipinski definition) is 1. The molecule has 0 atom stereocenters. The third kappa shape index (κ3) is 1.49. The van der Waals surface area contributed by atoms with Gasteiger partial charge in [0.05, 0.1) is 5.69 Å². The lowest BCUT2D eigenvalue weighted by Crippen LogP contribution is -1.86. The molecule has 0 N–H and O–H groups in total. The van der Waals surface area contributed by atoms with Gasteiger partial charge in [0.1, 0.15) is 6.67 Å². The second-order valence-electron chi connectivity index (χ2n) is 1.90. The van der Waals surface area contributed by atoms with Crippen molar-refractivity contribution in [3.05, 3.63) is 29.6 Å². The maximum atomic E-state index is 11.8. The van der Waals surface area contributed by atoms with E-state index in [1.807, 2.05) is 13.0 Å². The van der Waals surface area contributed by atoms with Crippen LogP contribution >= 0.6 is 0 Å². The van der Waals surface area contributed by atoms with Crippen molar-refractivity contribution in [1.29, 1.82) is 0 Å². The van der Waals surface area contributed by atoms with Gasteiger partial charge in [-0.1, -0.05) is 6.07 Å². The van der Waals surface area contributed by atoms with Gasteiger partial charge in [0.2, 0.25) is 0 Å². The third-order valence-corrected chi connectivity index (χ3v) is 1.08. The summed E-state index contributed by atoms with van der Waals surface area (Å²) in [5, 5.41) is 0. The summed E-state index contributed by atoms with van der Waals surface area (Å²) in [5.41, 5.74) is 1.38. The number of hydrogen-bond donors (Lipinski definition) is 0. The summed E-state index contributed by atoms with van der Waals surface area (Å²) < 4.78 is 11.8. The summed E-state index contributed by atoms with van der Waals surface area (Å²) in [5.74, 6) is 0. The van der Waals surface area contributed by atoms with Crippen LogP contribution in [0.1, 0.15) is 11.4 Å². The smallest absolute Gasteiger partial charge is 0.131 e. The predicted molar refractivity (Wildman–Crippen MR) is 33.8 cm³/mol. The van der Waals surface area contributed by atoms with Crippen molar-refractivity contribution in [2.24, 2.45) is 0 Å². The van der Waals surface area contributed by atoms with Crippen molar-refractivity contribution in [2.45, 2.75) is 13.6 Å². The zero-order chi connectivity index (χ0) is 6.69. The number of rotatable bonds is 1. The van der Waals surface area contributed by atoms with Gasteiger partial charge in [0.15, 0.2) is 0 Å². The fourth-order valence-corrected chi connectivity index (χ4v) is 0.674. The van der Waals surface area contributed by atoms with Gasteiger partial charge in [-0.05, 0) is 19.1 Å². The van der Waals surface area contributed by atoms with Crippen molar-refractivity contribution >= 4 is 0 Å². The molecule has 2 heteroatoms. The summed E-state index contributed by atoms with van der Waals surface area (Å²) in [7, 11) is 0. The lowest BCUT2D eigenvalue weighted by atomic mass is 10.3. The van der Waals surface area contributed by atoms with Crippen molar-refractivity contribution < 1.29 is 4.39 Å². The zero-order valence-electron chi connectivity index (χ0n) is 5.26. The number of halogens is 1. The van der Waals surface area contributed by atoms with E-state index in [9.17, 15) is 4.39 Å². The van der Waals surface area contributed by atoms with Crippen molar-refractivity contribution in [3.63, 3.8) is 0 Å². The normalized spacial score (nSPS) is 9.56. The molecule has 0 aliphatic rings. The minimum absolute atomic E-state index is 0.471. The molecule has 1 aromatic rings. The van der Waals surface area contributed by atoms with Crippen LogP contribution in [0.5, 0.6) is 0 Å². The number of nitrogens with zero attached hydrogens (tertiary/aromatic N) is 1. The van der Waals surface area contributed by atoms with E-state index in [1.54, 1.807) is 12.1 Å². The molecule has 0 aromatic carbocycles. The fraction of sp³-hybridized carbons (Fsp3) is 0.286. The zero-order valence-corrected chi connectivity index (χ0v) is 5.26. The number of aryl methyl sites for hydroxylation is 1. The number of pyridine rings is 1. The van der Waals surface area contributed by atoms with Crippen LogP contribution in [0.15, 0.2) is 18.2 Å². The van der Waals surface area contributed by atoms with Crippen LogP contribution in [-0.4, -0.2) is 4.98 Å². The lowest BCUT2D eigenvalue weighted by Gasteiger charge is -1.92. The molecule has 1 nitrogen and oxygen atoms in total. The molecular formula is C7H8FN. The van der Waals surface area contributed by atoms with Crippen LogP contribution in [0.4, 0.5) is 4.39 Å². The summed E-state index contributed by atoms with van der Waals surface area (Å²) in [6.07, 6.45) is 0. The highest BCUT2D eigenvalue weighted by molar-refractivity contribution is 5.08. The van der Waals surface area contributed by atoms with Gasteiger partial charge in [-0.3, -0.25) is 4.98 Å². The molecule has 1 rings (SSSR count). The predicted octanol–water partition coefficient (Wildman–Crippen LogP) is 1.86. The molecule has 0 aliphatic heterocycles. The molecule has 0 unspecified atom stereocenters. The van der Waals surface area contributed by atoms with Crippen LogP contribution in [0.2, 0.25) is 0 Å². The van der Waals surface area contributed by atoms with Gasteiger partial charge in [0.25, 0.3) is 0 Å². The maximum absolute atomic E-state index is 11.8. The Kier molecular flexibility index (Phi) is 1.78. The quantitative estimate of drug-likeness (QED) is 0.558. The van der Waals surface area contributed by atoms with Crippen LogP contribution < -0.4 is 0 Å². The molecule has 0 spiro atoms. The van der Waals surface area contributed by atoms with Crippen LogP contribution in [0, 0.1) is 6.92 Å². The molecule has 1 heterocycles. The minimum Gasteiger partial charge on any atom is -0.255 e. The van der Waals surface area contributed by atoms with Gasteiger partial charge >= 0.3 is 0 Å². The van der Waals surface area contributed by atoms with Gasteiger partial charge in [-0.25, -0.2) is 4.39 Å².